The third kappa shape index (κ3) is 2.31. The van der Waals surface area contributed by atoms with Gasteiger partial charge in [0.25, 0.3) is 5.91 Å². The standard InChI is InChI=1S/C19H19N3O4/c1-24-14-4-2-3-10-5-12(26-17(10)14)8-21-19(23)16-18(25-9-22-16)15-11-6-13(15)20-7-11/h2-5,9,11,13,15,20H,6-8H2,1H3,(H,21,23). The molecule has 1 amide bonds. The quantitative estimate of drug-likeness (QED) is 0.732. The van der Waals surface area contributed by atoms with Crippen LogP contribution in [0.25, 0.3) is 11.0 Å². The summed E-state index contributed by atoms with van der Waals surface area (Å²) >= 11 is 0. The highest BCUT2D eigenvalue weighted by molar-refractivity contribution is 5.93. The molecule has 7 heteroatoms. The summed E-state index contributed by atoms with van der Waals surface area (Å²) in [4.78, 5) is 16.7. The van der Waals surface area contributed by atoms with Crippen molar-refractivity contribution in [1.82, 2.24) is 15.6 Å². The van der Waals surface area contributed by atoms with Crippen molar-refractivity contribution in [2.75, 3.05) is 13.7 Å². The van der Waals surface area contributed by atoms with Gasteiger partial charge in [-0.15, -0.1) is 0 Å². The molecule has 2 aromatic heterocycles. The van der Waals surface area contributed by atoms with E-state index in [9.17, 15) is 4.79 Å². The lowest BCUT2D eigenvalue weighted by Gasteiger charge is -2.32. The van der Waals surface area contributed by atoms with Gasteiger partial charge in [0, 0.05) is 17.3 Å². The number of nitrogens with zero attached hydrogens (tertiary/aromatic N) is 1. The molecule has 3 atom stereocenters. The van der Waals surface area contributed by atoms with Crippen LogP contribution in [-0.4, -0.2) is 30.6 Å². The molecule has 6 rings (SSSR count). The van der Waals surface area contributed by atoms with Crippen LogP contribution in [0.5, 0.6) is 5.75 Å². The Morgan fingerprint density at radius 2 is 2.38 bits per heavy atom. The van der Waals surface area contributed by atoms with Gasteiger partial charge in [0.2, 0.25) is 0 Å². The highest BCUT2D eigenvalue weighted by Gasteiger charge is 2.50. The Labute approximate surface area is 149 Å². The molecular weight excluding hydrogens is 334 g/mol. The zero-order valence-electron chi connectivity index (χ0n) is 14.3. The molecule has 2 saturated heterocycles. The molecule has 26 heavy (non-hydrogen) atoms. The maximum Gasteiger partial charge on any atom is 0.273 e. The smallest absolute Gasteiger partial charge is 0.273 e. The minimum Gasteiger partial charge on any atom is -0.493 e. The van der Waals surface area contributed by atoms with Gasteiger partial charge in [-0.3, -0.25) is 4.79 Å². The number of para-hydroxylation sites is 1. The van der Waals surface area contributed by atoms with Gasteiger partial charge in [0.05, 0.1) is 13.7 Å². The SMILES string of the molecule is COc1cccc2cc(CNC(=O)c3ncoc3C3C4CNC3C4)oc12. The van der Waals surface area contributed by atoms with Gasteiger partial charge < -0.3 is 24.2 Å². The van der Waals surface area contributed by atoms with Crippen molar-refractivity contribution in [3.05, 3.63) is 47.9 Å². The first-order valence-corrected chi connectivity index (χ1v) is 8.75. The maximum absolute atomic E-state index is 12.6. The average molecular weight is 353 g/mol. The first-order chi connectivity index (χ1) is 12.7. The van der Waals surface area contributed by atoms with Crippen molar-refractivity contribution < 1.29 is 18.4 Å². The largest absolute Gasteiger partial charge is 0.493 e. The Bertz CT molecular complexity index is 962. The summed E-state index contributed by atoms with van der Waals surface area (Å²) in [6.07, 6.45) is 2.50. The van der Waals surface area contributed by atoms with E-state index in [-0.39, 0.29) is 18.4 Å². The number of benzene rings is 1. The fraction of sp³-hybridized carbons (Fsp3) is 0.368. The molecular formula is C19H19N3O4. The van der Waals surface area contributed by atoms with Crippen molar-refractivity contribution in [3.8, 4) is 5.75 Å². The second-order valence-electron chi connectivity index (χ2n) is 6.88. The predicted octanol–water partition coefficient (Wildman–Crippen LogP) is 2.43. The van der Waals surface area contributed by atoms with E-state index in [0.29, 0.717) is 40.5 Å². The number of hydrogen-bond donors (Lipinski definition) is 2. The number of methoxy groups -OCH3 is 1. The van der Waals surface area contributed by atoms with Gasteiger partial charge in [-0.2, -0.15) is 0 Å². The van der Waals surface area contributed by atoms with Crippen molar-refractivity contribution in [2.24, 2.45) is 5.92 Å². The molecule has 3 aromatic rings. The van der Waals surface area contributed by atoms with Crippen LogP contribution in [0.4, 0.5) is 0 Å². The van der Waals surface area contributed by atoms with Crippen LogP contribution in [-0.2, 0) is 6.54 Å². The summed E-state index contributed by atoms with van der Waals surface area (Å²) in [6, 6.07) is 8.00. The van der Waals surface area contributed by atoms with Crippen molar-refractivity contribution in [1.29, 1.82) is 0 Å². The van der Waals surface area contributed by atoms with Crippen LogP contribution in [0.3, 0.4) is 0 Å². The van der Waals surface area contributed by atoms with Gasteiger partial charge in [-0.05, 0) is 31.0 Å². The van der Waals surface area contributed by atoms with Crippen molar-refractivity contribution in [3.63, 3.8) is 0 Å². The minimum absolute atomic E-state index is 0.243. The van der Waals surface area contributed by atoms with Crippen LogP contribution in [0.15, 0.2) is 39.5 Å². The molecule has 1 saturated carbocycles. The second-order valence-corrected chi connectivity index (χ2v) is 6.88. The van der Waals surface area contributed by atoms with Gasteiger partial charge in [0.15, 0.2) is 23.4 Å². The minimum atomic E-state index is -0.243. The molecule has 3 aliphatic rings. The number of hydrogen-bond acceptors (Lipinski definition) is 6. The Balaban J connectivity index is 1.32. The van der Waals surface area contributed by atoms with E-state index in [0.717, 1.165) is 18.4 Å². The molecule has 0 spiro atoms. The van der Waals surface area contributed by atoms with E-state index < -0.39 is 0 Å². The number of nitrogens with one attached hydrogen (secondary N) is 2. The Morgan fingerprint density at radius 1 is 1.46 bits per heavy atom. The van der Waals surface area contributed by atoms with E-state index in [4.69, 9.17) is 13.6 Å². The molecule has 0 radical (unpaired) electrons. The topological polar surface area (TPSA) is 89.5 Å². The average Bonchev–Trinajstić information content (AvgIpc) is 3.41. The third-order valence-corrected chi connectivity index (χ3v) is 5.46. The number of rotatable bonds is 5. The number of carbonyl (C=O) groups excluding carboxylic acids is 1. The van der Waals surface area contributed by atoms with E-state index in [2.05, 4.69) is 15.6 Å². The van der Waals surface area contributed by atoms with Gasteiger partial charge >= 0.3 is 0 Å². The highest BCUT2D eigenvalue weighted by Crippen LogP contribution is 2.47. The van der Waals surface area contributed by atoms with Crippen LogP contribution in [0, 0.1) is 5.92 Å². The monoisotopic (exact) mass is 353 g/mol. The van der Waals surface area contributed by atoms with E-state index in [1.165, 1.54) is 6.39 Å². The Morgan fingerprint density at radius 3 is 3.15 bits per heavy atom. The van der Waals surface area contributed by atoms with Gasteiger partial charge in [-0.1, -0.05) is 12.1 Å². The molecule has 1 aromatic carbocycles. The fourth-order valence-electron chi connectivity index (χ4n) is 4.12. The molecule has 2 bridgehead atoms. The number of furan rings is 1. The summed E-state index contributed by atoms with van der Waals surface area (Å²) in [6.45, 7) is 1.26. The van der Waals surface area contributed by atoms with E-state index in [1.807, 2.05) is 24.3 Å². The first-order valence-electron chi connectivity index (χ1n) is 8.75. The van der Waals surface area contributed by atoms with Crippen LogP contribution in [0.2, 0.25) is 0 Å². The summed E-state index contributed by atoms with van der Waals surface area (Å²) in [7, 11) is 1.60. The number of ether oxygens (including phenoxy) is 1. The van der Waals surface area contributed by atoms with Crippen LogP contribution >= 0.6 is 0 Å². The first kappa shape index (κ1) is 15.5. The molecule has 4 heterocycles. The number of oxazole rings is 1. The van der Waals surface area contributed by atoms with Crippen LogP contribution < -0.4 is 15.4 Å². The maximum atomic E-state index is 12.6. The van der Waals surface area contributed by atoms with Gasteiger partial charge in [-0.25, -0.2) is 4.98 Å². The number of fused-ring (bicyclic) bond motifs is 2. The highest BCUT2D eigenvalue weighted by atomic mass is 16.5. The summed E-state index contributed by atoms with van der Waals surface area (Å²) in [5.41, 5.74) is 1.06. The fourth-order valence-corrected chi connectivity index (χ4v) is 4.12. The molecule has 134 valence electrons. The molecule has 3 fully saturated rings. The Hall–Kier alpha value is -2.80. The second kappa shape index (κ2) is 5.88. The Kier molecular flexibility index (Phi) is 3.49. The normalized spacial score (nSPS) is 23.8. The van der Waals surface area contributed by atoms with E-state index in [1.54, 1.807) is 7.11 Å². The lowest BCUT2D eigenvalue weighted by Crippen LogP contribution is -2.36. The number of amides is 1. The van der Waals surface area contributed by atoms with E-state index >= 15 is 0 Å². The van der Waals surface area contributed by atoms with Crippen molar-refractivity contribution in [2.45, 2.75) is 24.9 Å². The van der Waals surface area contributed by atoms with Gasteiger partial charge in [0.1, 0.15) is 11.5 Å². The van der Waals surface area contributed by atoms with Crippen LogP contribution in [0.1, 0.15) is 34.3 Å². The molecule has 2 aliphatic heterocycles. The summed E-state index contributed by atoms with van der Waals surface area (Å²) in [5, 5.41) is 7.25. The molecule has 3 unspecified atom stereocenters. The predicted molar refractivity (Wildman–Crippen MR) is 93.1 cm³/mol. The third-order valence-electron chi connectivity index (χ3n) is 5.46. The zero-order valence-corrected chi connectivity index (χ0v) is 14.3. The lowest BCUT2D eigenvalue weighted by atomic mass is 9.72. The number of carbonyl (C=O) groups is 1. The zero-order chi connectivity index (χ0) is 17.7. The number of aromatic nitrogens is 1. The summed E-state index contributed by atoms with van der Waals surface area (Å²) in [5.74, 6) is 2.59. The molecule has 1 aliphatic carbocycles. The summed E-state index contributed by atoms with van der Waals surface area (Å²) < 4.78 is 16.7. The molecule has 2 N–H and O–H groups in total. The molecule has 7 nitrogen and oxygen atoms in total. The lowest BCUT2D eigenvalue weighted by molar-refractivity contribution is 0.0939. The van der Waals surface area contributed by atoms with Crippen molar-refractivity contribution >= 4 is 16.9 Å².